The minimum Gasteiger partial charge on any atom is -0.505 e. The van der Waals surface area contributed by atoms with E-state index in [2.05, 4.69) is 25.9 Å². The predicted molar refractivity (Wildman–Crippen MR) is 132 cm³/mol. The largest absolute Gasteiger partial charge is 0.505 e. The zero-order valence-corrected chi connectivity index (χ0v) is 22.2. The van der Waals surface area contributed by atoms with E-state index in [0.29, 0.717) is 12.8 Å². The number of amides is 3. The molecule has 0 radical (unpaired) electrons. The van der Waals surface area contributed by atoms with Gasteiger partial charge in [-0.3, -0.25) is 19.2 Å². The van der Waals surface area contributed by atoms with Crippen LogP contribution in [0.2, 0.25) is 0 Å². The van der Waals surface area contributed by atoms with Crippen LogP contribution in [0.25, 0.3) is 0 Å². The molecule has 0 aromatic carbocycles. The van der Waals surface area contributed by atoms with Crippen LogP contribution in [0.3, 0.4) is 0 Å². The van der Waals surface area contributed by atoms with E-state index in [1.54, 1.807) is 0 Å². The number of halogens is 4. The molecule has 1 saturated carbocycles. The van der Waals surface area contributed by atoms with Crippen LogP contribution in [0.1, 0.15) is 42.7 Å². The van der Waals surface area contributed by atoms with Crippen LogP contribution >= 0.6 is 0 Å². The summed E-state index contributed by atoms with van der Waals surface area (Å²) in [6.07, 6.45) is -1.98. The standard InChI is InChI=1S/C26H27F4N5O7/c1-9-19(37)13(8-12-15(27)16(28)22(30)35-21(12)29)33-23(38)17(34-24(39)18-14(36)4-3-7-31-18)10(2)32-25(40)20(11-5-6-11)42-26(9)41/h3-4,7,9-11,13,17,19-20,36-37H,5-6,8H2,1-2H3,(H,32,40)(H,33,38)(H,34,39)/t9-,10-,13+,17+,19+,20?/m1/s1. The molecule has 4 rings (SSSR count). The molecule has 1 aliphatic heterocycles. The molecular weight excluding hydrogens is 570 g/mol. The summed E-state index contributed by atoms with van der Waals surface area (Å²) in [5.41, 5.74) is -1.61. The number of pyridine rings is 2. The second kappa shape index (κ2) is 12.3. The van der Waals surface area contributed by atoms with Gasteiger partial charge in [-0.25, -0.2) is 9.37 Å². The number of aromatic hydroxyl groups is 1. The van der Waals surface area contributed by atoms with Crippen molar-refractivity contribution in [2.24, 2.45) is 11.8 Å². The molecule has 2 aromatic rings. The molecular formula is C26H27F4N5O7. The first-order valence-corrected chi connectivity index (χ1v) is 12.9. The lowest BCUT2D eigenvalue weighted by atomic mass is 9.92. The maximum absolute atomic E-state index is 14.5. The summed E-state index contributed by atoms with van der Waals surface area (Å²) >= 11 is 0. The number of carbonyl (C=O) groups excluding carboxylic acids is 4. The maximum Gasteiger partial charge on any atom is 0.312 e. The number of hydrogen-bond donors (Lipinski definition) is 5. The van der Waals surface area contributed by atoms with Gasteiger partial charge in [-0.05, 0) is 38.8 Å². The predicted octanol–water partition coefficient (Wildman–Crippen LogP) is 0.402. The SMILES string of the molecule is C[C@H]1NC(=O)C(C2CC2)OC(=O)[C@H](C)[C@H](O)[C@H](Cc2c(F)nc(F)c(F)c2F)NC(=O)[C@H]1NC(=O)c1ncccc1O. The fourth-order valence-corrected chi connectivity index (χ4v) is 4.51. The minimum absolute atomic E-state index is 0.354. The summed E-state index contributed by atoms with van der Waals surface area (Å²) in [5.74, 6) is -14.3. The van der Waals surface area contributed by atoms with Crippen molar-refractivity contribution in [3.05, 3.63) is 53.1 Å². The summed E-state index contributed by atoms with van der Waals surface area (Å²) in [6.45, 7) is 2.49. The average molecular weight is 598 g/mol. The summed E-state index contributed by atoms with van der Waals surface area (Å²) in [5, 5.41) is 28.2. The van der Waals surface area contributed by atoms with Gasteiger partial charge in [0, 0.05) is 24.1 Å². The highest BCUT2D eigenvalue weighted by Gasteiger charge is 2.44. The Morgan fingerprint density at radius 3 is 2.40 bits per heavy atom. The molecule has 0 bridgehead atoms. The van der Waals surface area contributed by atoms with Crippen LogP contribution < -0.4 is 16.0 Å². The lowest BCUT2D eigenvalue weighted by molar-refractivity contribution is -0.165. The van der Waals surface area contributed by atoms with E-state index in [1.165, 1.54) is 26.1 Å². The maximum atomic E-state index is 14.5. The van der Waals surface area contributed by atoms with Gasteiger partial charge in [0.1, 0.15) is 11.8 Å². The zero-order chi connectivity index (χ0) is 30.9. The number of nitrogens with zero attached hydrogens (tertiary/aromatic N) is 2. The Balaban J connectivity index is 1.73. The number of aliphatic hydroxyl groups excluding tert-OH is 1. The fraction of sp³-hybridized carbons (Fsp3) is 0.462. The van der Waals surface area contributed by atoms with Gasteiger partial charge in [-0.2, -0.15) is 18.2 Å². The number of esters is 1. The Morgan fingerprint density at radius 1 is 1.07 bits per heavy atom. The van der Waals surface area contributed by atoms with E-state index in [0.717, 1.165) is 6.07 Å². The number of rotatable bonds is 5. The molecule has 1 saturated heterocycles. The Labute approximate surface area is 235 Å². The van der Waals surface area contributed by atoms with Crippen LogP contribution in [-0.2, 0) is 25.5 Å². The number of aliphatic hydroxyl groups is 1. The third-order valence-electron chi connectivity index (χ3n) is 7.12. The smallest absolute Gasteiger partial charge is 0.312 e. The normalized spacial score (nSPS) is 27.2. The molecule has 1 aliphatic carbocycles. The number of carbonyl (C=O) groups is 4. The second-order valence-corrected chi connectivity index (χ2v) is 10.2. The quantitative estimate of drug-likeness (QED) is 0.185. The lowest BCUT2D eigenvalue weighted by Crippen LogP contribution is -2.62. The molecule has 3 amide bonds. The highest BCUT2D eigenvalue weighted by molar-refractivity contribution is 5.98. The Bertz CT molecular complexity index is 1410. The summed E-state index contributed by atoms with van der Waals surface area (Å²) in [6, 6.07) is -2.12. The fourth-order valence-electron chi connectivity index (χ4n) is 4.51. The molecule has 16 heteroatoms. The van der Waals surface area contributed by atoms with Gasteiger partial charge in [0.05, 0.1) is 24.1 Å². The van der Waals surface area contributed by atoms with Crippen molar-refractivity contribution >= 4 is 23.7 Å². The van der Waals surface area contributed by atoms with Crippen molar-refractivity contribution in [3.8, 4) is 5.75 Å². The number of hydrogen-bond acceptors (Lipinski definition) is 9. The van der Waals surface area contributed by atoms with Gasteiger partial charge in [0.2, 0.25) is 17.7 Å². The summed E-state index contributed by atoms with van der Waals surface area (Å²) < 4.78 is 61.7. The Morgan fingerprint density at radius 2 is 1.76 bits per heavy atom. The molecule has 6 atom stereocenters. The van der Waals surface area contributed by atoms with Crippen molar-refractivity contribution in [1.82, 2.24) is 25.9 Å². The van der Waals surface area contributed by atoms with Gasteiger partial charge in [-0.15, -0.1) is 0 Å². The number of cyclic esters (lactones) is 1. The van der Waals surface area contributed by atoms with Gasteiger partial charge in [0.15, 0.2) is 17.6 Å². The third-order valence-corrected chi connectivity index (χ3v) is 7.12. The number of nitrogens with one attached hydrogen (secondary N) is 3. The molecule has 5 N–H and O–H groups in total. The highest BCUT2D eigenvalue weighted by Crippen LogP contribution is 2.35. The van der Waals surface area contributed by atoms with Gasteiger partial charge >= 0.3 is 5.97 Å². The third kappa shape index (κ3) is 6.42. The van der Waals surface area contributed by atoms with E-state index in [9.17, 15) is 47.0 Å². The van der Waals surface area contributed by atoms with E-state index in [-0.39, 0.29) is 5.92 Å². The number of ether oxygens (including phenoxy) is 1. The average Bonchev–Trinajstić information content (AvgIpc) is 3.78. The van der Waals surface area contributed by atoms with Crippen LogP contribution in [0, 0.1) is 35.4 Å². The molecule has 12 nitrogen and oxygen atoms in total. The van der Waals surface area contributed by atoms with E-state index >= 15 is 0 Å². The van der Waals surface area contributed by atoms with E-state index in [1.807, 2.05) is 0 Å². The highest BCUT2D eigenvalue weighted by atomic mass is 19.2. The summed E-state index contributed by atoms with van der Waals surface area (Å²) in [7, 11) is 0. The molecule has 2 fully saturated rings. The molecule has 0 spiro atoms. The van der Waals surface area contributed by atoms with Gasteiger partial charge in [0.25, 0.3) is 17.8 Å². The zero-order valence-electron chi connectivity index (χ0n) is 22.2. The molecule has 1 unspecified atom stereocenters. The molecule has 2 aromatic heterocycles. The second-order valence-electron chi connectivity index (χ2n) is 10.2. The van der Waals surface area contributed by atoms with Crippen molar-refractivity contribution in [3.63, 3.8) is 0 Å². The van der Waals surface area contributed by atoms with Crippen LogP contribution in [0.15, 0.2) is 18.3 Å². The molecule has 42 heavy (non-hydrogen) atoms. The summed E-state index contributed by atoms with van der Waals surface area (Å²) in [4.78, 5) is 58.8. The van der Waals surface area contributed by atoms with Crippen LogP contribution in [0.5, 0.6) is 5.75 Å². The molecule has 3 heterocycles. The Kier molecular flexibility index (Phi) is 8.94. The van der Waals surface area contributed by atoms with Crippen LogP contribution in [-0.4, -0.2) is 74.2 Å². The first-order valence-electron chi connectivity index (χ1n) is 12.9. The first-order chi connectivity index (χ1) is 19.8. The Hall–Kier alpha value is -4.34. The van der Waals surface area contributed by atoms with Crippen molar-refractivity contribution in [2.45, 2.75) is 63.4 Å². The van der Waals surface area contributed by atoms with E-state index < -0.39 is 107 Å². The first kappa shape index (κ1) is 30.6. The molecule has 226 valence electrons. The minimum atomic E-state index is -2.10. The number of aromatic nitrogens is 2. The van der Waals surface area contributed by atoms with Gasteiger partial charge in [-0.1, -0.05) is 0 Å². The van der Waals surface area contributed by atoms with Gasteiger partial charge < -0.3 is 30.9 Å². The van der Waals surface area contributed by atoms with Crippen molar-refractivity contribution < 1.29 is 51.7 Å². The lowest BCUT2D eigenvalue weighted by Gasteiger charge is -2.33. The monoisotopic (exact) mass is 597 g/mol. The topological polar surface area (TPSA) is 180 Å². The van der Waals surface area contributed by atoms with Crippen molar-refractivity contribution in [1.29, 1.82) is 0 Å². The molecule has 2 aliphatic rings. The van der Waals surface area contributed by atoms with E-state index in [4.69, 9.17) is 4.74 Å². The van der Waals surface area contributed by atoms with Crippen molar-refractivity contribution in [2.75, 3.05) is 0 Å². The van der Waals surface area contributed by atoms with Crippen LogP contribution in [0.4, 0.5) is 17.6 Å².